The monoisotopic (exact) mass is 376 g/mol. The number of hydrogen-bond donors (Lipinski definition) is 2. The lowest BCUT2D eigenvalue weighted by molar-refractivity contribution is -0.133. The molecule has 2 aliphatic rings. The van der Waals surface area contributed by atoms with Crippen LogP contribution in [0.25, 0.3) is 0 Å². The first kappa shape index (κ1) is 19.4. The average Bonchev–Trinajstić information content (AvgIpc) is 2.68. The summed E-state index contributed by atoms with van der Waals surface area (Å²) < 4.78 is 1.25. The number of rotatable bonds is 5. The van der Waals surface area contributed by atoms with Crippen molar-refractivity contribution in [3.05, 3.63) is 28.2 Å². The second kappa shape index (κ2) is 8.56. The average molecular weight is 376 g/mol. The van der Waals surface area contributed by atoms with Crippen LogP contribution < -0.4 is 11.3 Å². The topological polar surface area (TPSA) is 109 Å². The summed E-state index contributed by atoms with van der Waals surface area (Å²) in [5.41, 5.74) is 4.04. The molecule has 2 aliphatic heterocycles. The van der Waals surface area contributed by atoms with Crippen molar-refractivity contribution >= 4 is 11.8 Å². The van der Waals surface area contributed by atoms with Gasteiger partial charge in [0.05, 0.1) is 0 Å². The summed E-state index contributed by atoms with van der Waals surface area (Å²) in [4.78, 5) is 40.5. The molecule has 0 bridgehead atoms. The summed E-state index contributed by atoms with van der Waals surface area (Å²) >= 11 is 0. The van der Waals surface area contributed by atoms with E-state index in [-0.39, 0.29) is 18.9 Å². The molecule has 0 aromatic carbocycles. The van der Waals surface area contributed by atoms with Crippen molar-refractivity contribution in [2.24, 2.45) is 5.73 Å². The maximum Gasteiger partial charge on any atom is 0.267 e. The smallest absolute Gasteiger partial charge is 0.267 e. The Morgan fingerprint density at radius 1 is 1.11 bits per heavy atom. The van der Waals surface area contributed by atoms with Crippen molar-refractivity contribution in [3.63, 3.8) is 0 Å². The summed E-state index contributed by atoms with van der Waals surface area (Å²) in [7, 11) is 0. The van der Waals surface area contributed by atoms with Gasteiger partial charge in [0.1, 0.15) is 11.3 Å². The van der Waals surface area contributed by atoms with Crippen LogP contribution in [-0.4, -0.2) is 63.5 Å². The highest BCUT2D eigenvalue weighted by molar-refractivity contribution is 5.95. The number of nitrogens with two attached hydrogens (primary N) is 1. The minimum absolute atomic E-state index is 0.00712. The summed E-state index contributed by atoms with van der Waals surface area (Å²) in [6.07, 6.45) is 7.41. The van der Waals surface area contributed by atoms with Gasteiger partial charge < -0.3 is 25.2 Å². The maximum atomic E-state index is 12.5. The number of likely N-dealkylation sites (tertiary alicyclic amines) is 2. The van der Waals surface area contributed by atoms with Gasteiger partial charge in [0, 0.05) is 38.3 Å². The third kappa shape index (κ3) is 4.50. The van der Waals surface area contributed by atoms with Gasteiger partial charge >= 0.3 is 0 Å². The first-order valence-electron chi connectivity index (χ1n) is 9.71. The summed E-state index contributed by atoms with van der Waals surface area (Å²) in [6.45, 7) is 3.99. The lowest BCUT2D eigenvalue weighted by Crippen LogP contribution is -2.48. The molecule has 0 saturated carbocycles. The molecule has 148 valence electrons. The number of amides is 2. The molecule has 2 fully saturated rings. The molecule has 0 spiro atoms. The summed E-state index contributed by atoms with van der Waals surface area (Å²) in [5.74, 6) is -1.40. The first-order chi connectivity index (χ1) is 13.0. The number of hydrogen-bond acceptors (Lipinski definition) is 5. The Morgan fingerprint density at radius 3 is 2.41 bits per heavy atom. The number of nitrogens with zero attached hydrogens (tertiary/aromatic N) is 3. The number of aryl methyl sites for hydroxylation is 1. The van der Waals surface area contributed by atoms with E-state index in [1.807, 2.05) is 4.90 Å². The SMILES string of the molecule is NC(=O)c1c(O)ccn(CCC(=O)N2CCC(N3CCCCC3)CC2)c1=O. The van der Waals surface area contributed by atoms with Crippen LogP contribution in [0.4, 0.5) is 0 Å². The largest absolute Gasteiger partial charge is 0.507 e. The number of pyridine rings is 1. The minimum atomic E-state index is -0.974. The van der Waals surface area contributed by atoms with E-state index < -0.39 is 22.8 Å². The number of aromatic nitrogens is 1. The Labute approximate surface area is 158 Å². The predicted molar refractivity (Wildman–Crippen MR) is 101 cm³/mol. The molecule has 2 amide bonds. The summed E-state index contributed by atoms with van der Waals surface area (Å²) in [6, 6.07) is 1.82. The van der Waals surface area contributed by atoms with Gasteiger partial charge in [-0.25, -0.2) is 0 Å². The normalized spacial score (nSPS) is 19.2. The molecule has 1 aromatic heterocycles. The molecule has 0 atom stereocenters. The predicted octanol–water partition coefficient (Wildman–Crippen LogP) is 0.520. The van der Waals surface area contributed by atoms with E-state index in [0.717, 1.165) is 25.9 Å². The van der Waals surface area contributed by atoms with Crippen molar-refractivity contribution in [3.8, 4) is 5.75 Å². The molecule has 2 saturated heterocycles. The van der Waals surface area contributed by atoms with Crippen LogP contribution in [0.5, 0.6) is 5.75 Å². The van der Waals surface area contributed by atoms with Crippen molar-refractivity contribution in [1.29, 1.82) is 0 Å². The van der Waals surface area contributed by atoms with Gasteiger partial charge in [0.2, 0.25) is 5.91 Å². The van der Waals surface area contributed by atoms with Gasteiger partial charge in [-0.3, -0.25) is 14.4 Å². The minimum Gasteiger partial charge on any atom is -0.507 e. The lowest BCUT2D eigenvalue weighted by Gasteiger charge is -2.40. The van der Waals surface area contributed by atoms with Crippen LogP contribution >= 0.6 is 0 Å². The molecule has 0 unspecified atom stereocenters. The molecule has 8 nitrogen and oxygen atoms in total. The van der Waals surface area contributed by atoms with Gasteiger partial charge in [-0.1, -0.05) is 6.42 Å². The molecule has 1 aromatic rings. The van der Waals surface area contributed by atoms with Crippen LogP contribution in [-0.2, 0) is 11.3 Å². The van der Waals surface area contributed by atoms with E-state index in [4.69, 9.17) is 5.73 Å². The van der Waals surface area contributed by atoms with Crippen molar-refractivity contribution in [2.75, 3.05) is 26.2 Å². The quantitative estimate of drug-likeness (QED) is 0.779. The fourth-order valence-electron chi connectivity index (χ4n) is 4.11. The standard InChI is InChI=1S/C19H28N4O4/c20-18(26)17-15(24)6-12-23(19(17)27)13-7-16(25)22-10-4-14(5-11-22)21-8-2-1-3-9-21/h6,12,14,24H,1-5,7-11,13H2,(H2,20,26). The zero-order valence-corrected chi connectivity index (χ0v) is 15.6. The Kier molecular flexibility index (Phi) is 6.15. The molecule has 0 aliphatic carbocycles. The van der Waals surface area contributed by atoms with Gasteiger partial charge in [0.15, 0.2) is 0 Å². The van der Waals surface area contributed by atoms with Crippen LogP contribution in [0.15, 0.2) is 17.1 Å². The number of piperidine rings is 2. The van der Waals surface area contributed by atoms with Crippen LogP contribution in [0, 0.1) is 0 Å². The van der Waals surface area contributed by atoms with Crippen LogP contribution in [0.1, 0.15) is 48.9 Å². The zero-order chi connectivity index (χ0) is 19.4. The highest BCUT2D eigenvalue weighted by Crippen LogP contribution is 2.21. The fraction of sp³-hybridized carbons (Fsp3) is 0.632. The molecular weight excluding hydrogens is 348 g/mol. The number of carbonyl (C=O) groups is 2. The van der Waals surface area contributed by atoms with E-state index in [1.54, 1.807) is 0 Å². The zero-order valence-electron chi connectivity index (χ0n) is 15.6. The van der Waals surface area contributed by atoms with Crippen molar-refractivity contribution in [2.45, 2.75) is 51.1 Å². The van der Waals surface area contributed by atoms with Crippen molar-refractivity contribution < 1.29 is 14.7 Å². The van der Waals surface area contributed by atoms with Crippen molar-refractivity contribution in [1.82, 2.24) is 14.4 Å². The number of aromatic hydroxyl groups is 1. The van der Waals surface area contributed by atoms with E-state index in [1.165, 1.54) is 49.2 Å². The van der Waals surface area contributed by atoms with Gasteiger partial charge in [-0.15, -0.1) is 0 Å². The van der Waals surface area contributed by atoms with E-state index in [0.29, 0.717) is 6.04 Å². The lowest BCUT2D eigenvalue weighted by atomic mass is 10.00. The molecule has 3 N–H and O–H groups in total. The van der Waals surface area contributed by atoms with Gasteiger partial charge in [-0.2, -0.15) is 0 Å². The van der Waals surface area contributed by atoms with Crippen LogP contribution in [0.3, 0.4) is 0 Å². The van der Waals surface area contributed by atoms with Gasteiger partial charge in [0.25, 0.3) is 11.5 Å². The molecule has 3 rings (SSSR count). The maximum absolute atomic E-state index is 12.5. The second-order valence-electron chi connectivity index (χ2n) is 7.40. The number of primary amides is 1. The second-order valence-corrected chi connectivity index (χ2v) is 7.40. The summed E-state index contributed by atoms with van der Waals surface area (Å²) in [5, 5.41) is 9.61. The fourth-order valence-corrected chi connectivity index (χ4v) is 4.11. The van der Waals surface area contributed by atoms with E-state index >= 15 is 0 Å². The highest BCUT2D eigenvalue weighted by atomic mass is 16.3. The third-order valence-electron chi connectivity index (χ3n) is 5.68. The number of carbonyl (C=O) groups excluding carboxylic acids is 2. The van der Waals surface area contributed by atoms with Gasteiger partial charge in [-0.05, 0) is 44.8 Å². The van der Waals surface area contributed by atoms with E-state index in [2.05, 4.69) is 4.90 Å². The third-order valence-corrected chi connectivity index (χ3v) is 5.68. The molecule has 27 heavy (non-hydrogen) atoms. The van der Waals surface area contributed by atoms with Crippen LogP contribution in [0.2, 0.25) is 0 Å². The Hall–Kier alpha value is -2.35. The molecule has 3 heterocycles. The Bertz CT molecular complexity index is 747. The molecule has 8 heteroatoms. The first-order valence-corrected chi connectivity index (χ1v) is 9.71. The molecule has 0 radical (unpaired) electrons. The highest BCUT2D eigenvalue weighted by Gasteiger charge is 2.27. The van der Waals surface area contributed by atoms with E-state index in [9.17, 15) is 19.5 Å². The Morgan fingerprint density at radius 2 is 1.78 bits per heavy atom. The Balaban J connectivity index is 1.52. The molecular formula is C19H28N4O4.